The lowest BCUT2D eigenvalue weighted by molar-refractivity contribution is 0.112. The summed E-state index contributed by atoms with van der Waals surface area (Å²) in [4.78, 5) is 2.38. The van der Waals surface area contributed by atoms with Gasteiger partial charge in [0.2, 0.25) is 0 Å². The van der Waals surface area contributed by atoms with Gasteiger partial charge in [-0.25, -0.2) is 0 Å². The zero-order chi connectivity index (χ0) is 15.7. The molecule has 0 fully saturated rings. The molecule has 1 atom stereocenters. The number of methoxy groups -OCH3 is 1. The zero-order valence-electron chi connectivity index (χ0n) is 14.1. The third-order valence-corrected chi connectivity index (χ3v) is 3.83. The molecule has 0 bridgehead atoms. The normalized spacial score (nSPS) is 12.7. The van der Waals surface area contributed by atoms with Crippen molar-refractivity contribution in [1.82, 2.24) is 10.2 Å². The van der Waals surface area contributed by atoms with Gasteiger partial charge in [-0.2, -0.15) is 0 Å². The van der Waals surface area contributed by atoms with Crippen LogP contribution in [-0.2, 0) is 11.3 Å². The SMILES string of the molecule is CCOCCN(CC)Cc1cc(C(C)NC)ccc1OC. The van der Waals surface area contributed by atoms with Crippen LogP contribution >= 0.6 is 0 Å². The summed E-state index contributed by atoms with van der Waals surface area (Å²) in [7, 11) is 3.71. The minimum Gasteiger partial charge on any atom is -0.496 e. The molecule has 1 unspecified atom stereocenters. The Morgan fingerprint density at radius 2 is 2.05 bits per heavy atom. The predicted octanol–water partition coefficient (Wildman–Crippen LogP) is 2.83. The highest BCUT2D eigenvalue weighted by atomic mass is 16.5. The maximum Gasteiger partial charge on any atom is 0.123 e. The summed E-state index contributed by atoms with van der Waals surface area (Å²) >= 11 is 0. The van der Waals surface area contributed by atoms with Crippen molar-refractivity contribution in [2.75, 3.05) is 40.5 Å². The average molecular weight is 294 g/mol. The molecule has 0 aliphatic carbocycles. The Bertz CT molecular complexity index is 410. The second-order valence-electron chi connectivity index (χ2n) is 5.15. The highest BCUT2D eigenvalue weighted by Gasteiger charge is 2.11. The summed E-state index contributed by atoms with van der Waals surface area (Å²) in [6.45, 7) is 10.8. The van der Waals surface area contributed by atoms with Gasteiger partial charge >= 0.3 is 0 Å². The largest absolute Gasteiger partial charge is 0.496 e. The molecule has 0 aliphatic heterocycles. The van der Waals surface area contributed by atoms with E-state index in [-0.39, 0.29) is 0 Å². The number of nitrogens with one attached hydrogen (secondary N) is 1. The molecule has 0 spiro atoms. The fraction of sp³-hybridized carbons (Fsp3) is 0.647. The van der Waals surface area contributed by atoms with Crippen molar-refractivity contribution in [3.63, 3.8) is 0 Å². The van der Waals surface area contributed by atoms with Crippen LogP contribution in [0.5, 0.6) is 5.75 Å². The lowest BCUT2D eigenvalue weighted by atomic mass is 10.0. The highest BCUT2D eigenvalue weighted by molar-refractivity contribution is 5.38. The molecule has 4 heteroatoms. The number of benzene rings is 1. The monoisotopic (exact) mass is 294 g/mol. The number of likely N-dealkylation sites (N-methyl/N-ethyl adjacent to an activating group) is 1. The van der Waals surface area contributed by atoms with E-state index in [0.29, 0.717) is 6.04 Å². The van der Waals surface area contributed by atoms with Crippen molar-refractivity contribution in [2.45, 2.75) is 33.4 Å². The molecule has 21 heavy (non-hydrogen) atoms. The van der Waals surface area contributed by atoms with E-state index in [1.165, 1.54) is 11.1 Å². The molecule has 0 aliphatic rings. The van der Waals surface area contributed by atoms with E-state index in [4.69, 9.17) is 9.47 Å². The van der Waals surface area contributed by atoms with Crippen LogP contribution in [0.25, 0.3) is 0 Å². The van der Waals surface area contributed by atoms with E-state index < -0.39 is 0 Å². The van der Waals surface area contributed by atoms with Crippen LogP contribution in [0.2, 0.25) is 0 Å². The van der Waals surface area contributed by atoms with E-state index in [9.17, 15) is 0 Å². The molecule has 1 aromatic rings. The van der Waals surface area contributed by atoms with Crippen molar-refractivity contribution in [2.24, 2.45) is 0 Å². The van der Waals surface area contributed by atoms with Crippen molar-refractivity contribution < 1.29 is 9.47 Å². The van der Waals surface area contributed by atoms with Gasteiger partial charge in [0, 0.05) is 31.3 Å². The minimum atomic E-state index is 0.341. The molecule has 4 nitrogen and oxygen atoms in total. The Morgan fingerprint density at radius 3 is 2.62 bits per heavy atom. The first kappa shape index (κ1) is 18.0. The number of hydrogen-bond acceptors (Lipinski definition) is 4. The van der Waals surface area contributed by atoms with Crippen LogP contribution in [0.3, 0.4) is 0 Å². The fourth-order valence-corrected chi connectivity index (χ4v) is 2.29. The summed E-state index contributed by atoms with van der Waals surface area (Å²) in [5.74, 6) is 0.955. The number of hydrogen-bond donors (Lipinski definition) is 1. The topological polar surface area (TPSA) is 33.7 Å². The smallest absolute Gasteiger partial charge is 0.123 e. The van der Waals surface area contributed by atoms with Crippen molar-refractivity contribution in [3.05, 3.63) is 29.3 Å². The highest BCUT2D eigenvalue weighted by Crippen LogP contribution is 2.24. The predicted molar refractivity (Wildman–Crippen MR) is 87.9 cm³/mol. The summed E-state index contributed by atoms with van der Waals surface area (Å²) in [6, 6.07) is 6.77. The lowest BCUT2D eigenvalue weighted by Crippen LogP contribution is -2.27. The Labute approximate surface area is 129 Å². The lowest BCUT2D eigenvalue weighted by Gasteiger charge is -2.22. The Morgan fingerprint density at radius 1 is 1.29 bits per heavy atom. The van der Waals surface area contributed by atoms with Crippen LogP contribution in [0.1, 0.15) is 37.9 Å². The average Bonchev–Trinajstić information content (AvgIpc) is 2.53. The molecular formula is C17H30N2O2. The van der Waals surface area contributed by atoms with Crippen LogP contribution in [0, 0.1) is 0 Å². The summed E-state index contributed by atoms with van der Waals surface area (Å²) < 4.78 is 11.0. The third-order valence-electron chi connectivity index (χ3n) is 3.83. The summed E-state index contributed by atoms with van der Waals surface area (Å²) in [6.07, 6.45) is 0. The fourth-order valence-electron chi connectivity index (χ4n) is 2.29. The zero-order valence-corrected chi connectivity index (χ0v) is 14.1. The van der Waals surface area contributed by atoms with Crippen LogP contribution < -0.4 is 10.1 Å². The molecule has 0 saturated carbocycles. The van der Waals surface area contributed by atoms with E-state index in [2.05, 4.69) is 42.3 Å². The first-order valence-corrected chi connectivity index (χ1v) is 7.80. The maximum atomic E-state index is 5.51. The summed E-state index contributed by atoms with van der Waals surface area (Å²) in [5.41, 5.74) is 2.52. The molecule has 1 aromatic carbocycles. The van der Waals surface area contributed by atoms with Crippen LogP contribution in [-0.4, -0.2) is 45.4 Å². The Kier molecular flexibility index (Phi) is 8.35. The van der Waals surface area contributed by atoms with Gasteiger partial charge in [0.05, 0.1) is 13.7 Å². The quantitative estimate of drug-likeness (QED) is 0.673. The molecule has 0 amide bonds. The second-order valence-corrected chi connectivity index (χ2v) is 5.15. The molecule has 0 heterocycles. The van der Waals surface area contributed by atoms with Crippen LogP contribution in [0.4, 0.5) is 0 Å². The third kappa shape index (κ3) is 5.65. The maximum absolute atomic E-state index is 5.51. The molecule has 0 aromatic heterocycles. The van der Waals surface area contributed by atoms with Gasteiger partial charge in [-0.15, -0.1) is 0 Å². The van der Waals surface area contributed by atoms with Gasteiger partial charge in [-0.1, -0.05) is 13.0 Å². The number of nitrogens with zero attached hydrogens (tertiary/aromatic N) is 1. The minimum absolute atomic E-state index is 0.341. The standard InChI is InChI=1S/C17H30N2O2/c1-6-19(10-11-21-7-2)13-16-12-15(14(3)18-4)8-9-17(16)20-5/h8-9,12,14,18H,6-7,10-11,13H2,1-5H3. The number of rotatable bonds is 10. The van der Waals surface area contributed by atoms with Crippen LogP contribution in [0.15, 0.2) is 18.2 Å². The van der Waals surface area contributed by atoms with E-state index >= 15 is 0 Å². The van der Waals surface area contributed by atoms with Gasteiger partial charge in [0.25, 0.3) is 0 Å². The van der Waals surface area contributed by atoms with Gasteiger partial charge in [-0.05, 0) is 45.1 Å². The van der Waals surface area contributed by atoms with Crippen molar-refractivity contribution in [3.8, 4) is 5.75 Å². The second kappa shape index (κ2) is 9.77. The van der Waals surface area contributed by atoms with E-state index in [1.807, 2.05) is 14.0 Å². The van der Waals surface area contributed by atoms with Gasteiger partial charge < -0.3 is 14.8 Å². The van der Waals surface area contributed by atoms with Crippen molar-refractivity contribution >= 4 is 0 Å². The van der Waals surface area contributed by atoms with Gasteiger partial charge in [0.15, 0.2) is 0 Å². The van der Waals surface area contributed by atoms with E-state index in [1.54, 1.807) is 7.11 Å². The van der Waals surface area contributed by atoms with Gasteiger partial charge in [-0.3, -0.25) is 4.90 Å². The Balaban J connectivity index is 2.82. The Hall–Kier alpha value is -1.10. The first-order chi connectivity index (χ1) is 10.2. The molecule has 120 valence electrons. The molecule has 0 radical (unpaired) electrons. The van der Waals surface area contributed by atoms with Gasteiger partial charge in [0.1, 0.15) is 5.75 Å². The molecular weight excluding hydrogens is 264 g/mol. The molecule has 1 rings (SSSR count). The summed E-state index contributed by atoms with van der Waals surface area (Å²) in [5, 5.41) is 3.28. The van der Waals surface area contributed by atoms with E-state index in [0.717, 1.165) is 38.6 Å². The van der Waals surface area contributed by atoms with Crippen molar-refractivity contribution in [1.29, 1.82) is 0 Å². The first-order valence-electron chi connectivity index (χ1n) is 7.80. The molecule has 0 saturated heterocycles. The molecule has 1 N–H and O–H groups in total. The number of ether oxygens (including phenoxy) is 2.